The van der Waals surface area contributed by atoms with Crippen LogP contribution in [0.4, 0.5) is 0 Å². The summed E-state index contributed by atoms with van der Waals surface area (Å²) in [5.41, 5.74) is 9.62. The van der Waals surface area contributed by atoms with Gasteiger partial charge in [0.05, 0.1) is 6.42 Å². The molecule has 0 aromatic heterocycles. The van der Waals surface area contributed by atoms with Crippen LogP contribution in [0.3, 0.4) is 0 Å². The van der Waals surface area contributed by atoms with E-state index in [2.05, 4.69) is 39.5 Å². The van der Waals surface area contributed by atoms with E-state index in [0.29, 0.717) is 0 Å². The molecule has 0 aliphatic heterocycles. The van der Waals surface area contributed by atoms with E-state index < -0.39 is 17.6 Å². The van der Waals surface area contributed by atoms with Crippen LogP contribution in [0.15, 0.2) is 72.9 Å². The first-order valence-corrected chi connectivity index (χ1v) is 6.01. The molecule has 0 spiro atoms. The minimum absolute atomic E-state index is 0.0849. The van der Waals surface area contributed by atoms with Gasteiger partial charge < -0.3 is 21.7 Å². The van der Waals surface area contributed by atoms with Crippen molar-refractivity contribution in [2.24, 2.45) is 11.5 Å². The molecule has 0 aliphatic carbocycles. The number of aliphatic carboxylic acids is 2. The Labute approximate surface area is 129 Å². The summed E-state index contributed by atoms with van der Waals surface area (Å²) in [6, 6.07) is 0. The third-order valence-corrected chi connectivity index (χ3v) is 3.10. The summed E-state index contributed by atoms with van der Waals surface area (Å²) >= 11 is 0. The molecule has 0 aromatic rings. The van der Waals surface area contributed by atoms with E-state index in [4.69, 9.17) is 21.7 Å². The second-order valence-electron chi connectivity index (χ2n) is 4.74. The molecule has 0 bridgehead atoms. The van der Waals surface area contributed by atoms with E-state index in [-0.39, 0.29) is 39.9 Å². The molecule has 0 unspecified atom stereocenters. The normalized spacial score (nSPS) is 10.5. The number of hydrogen-bond donors (Lipinski definition) is 4. The zero-order valence-electron chi connectivity index (χ0n) is 12.3. The maximum Gasteiger partial charge on any atom is 0.343 e. The number of hydrogen-bond acceptors (Lipinski definition) is 4. The van der Waals surface area contributed by atoms with Gasteiger partial charge in [0.25, 0.3) is 0 Å². The summed E-state index contributed by atoms with van der Waals surface area (Å²) in [6.07, 6.45) is -0.314. The average Bonchev–Trinajstić information content (AvgIpc) is 2.42. The van der Waals surface area contributed by atoms with Crippen molar-refractivity contribution < 1.29 is 19.8 Å². The Morgan fingerprint density at radius 1 is 0.818 bits per heavy atom. The maximum absolute atomic E-state index is 11.0. The Morgan fingerprint density at radius 2 is 1.23 bits per heavy atom. The first-order valence-electron chi connectivity index (χ1n) is 6.01. The first kappa shape index (κ1) is 19.3. The van der Waals surface area contributed by atoms with Gasteiger partial charge in [0.15, 0.2) is 5.66 Å². The van der Waals surface area contributed by atoms with Crippen LogP contribution in [0.5, 0.6) is 0 Å². The number of carbonyl (C=O) groups is 2. The molecular formula is C16H20N2O4. The van der Waals surface area contributed by atoms with Gasteiger partial charge in [-0.25, -0.2) is 4.79 Å². The predicted octanol–water partition coefficient (Wildman–Crippen LogP) is 1.50. The van der Waals surface area contributed by atoms with Crippen molar-refractivity contribution in [1.29, 1.82) is 0 Å². The van der Waals surface area contributed by atoms with Crippen LogP contribution in [-0.4, -0.2) is 27.8 Å². The first-order chi connectivity index (χ1) is 9.83. The van der Waals surface area contributed by atoms with Crippen molar-refractivity contribution in [2.75, 3.05) is 0 Å². The molecule has 0 amide bonds. The largest absolute Gasteiger partial charge is 0.481 e. The van der Waals surface area contributed by atoms with Crippen LogP contribution in [-0.2, 0) is 9.59 Å². The van der Waals surface area contributed by atoms with Crippen molar-refractivity contribution in [3.8, 4) is 0 Å². The average molecular weight is 304 g/mol. The molecule has 0 saturated carbocycles. The molecule has 6 N–H and O–H groups in total. The molecule has 0 rings (SSSR count). The number of allylic oxidation sites excluding steroid dienone is 3. The van der Waals surface area contributed by atoms with E-state index in [1.165, 1.54) is 0 Å². The SMILES string of the molecule is C=C(CC(=O)O)C(=C)C(=C)C(=C)C(=C)C(=C)C(N)(N)C(=O)O. The van der Waals surface area contributed by atoms with E-state index in [9.17, 15) is 9.59 Å². The van der Waals surface area contributed by atoms with Gasteiger partial charge in [-0.05, 0) is 33.4 Å². The summed E-state index contributed by atoms with van der Waals surface area (Å²) in [7, 11) is 0. The minimum Gasteiger partial charge on any atom is -0.481 e. The molecule has 0 saturated heterocycles. The van der Waals surface area contributed by atoms with Gasteiger partial charge in [0, 0.05) is 0 Å². The highest BCUT2D eigenvalue weighted by Gasteiger charge is 2.34. The van der Waals surface area contributed by atoms with Gasteiger partial charge in [-0.3, -0.25) is 4.79 Å². The third-order valence-electron chi connectivity index (χ3n) is 3.10. The Hall–Kier alpha value is -2.70. The Morgan fingerprint density at radius 3 is 1.59 bits per heavy atom. The van der Waals surface area contributed by atoms with Crippen molar-refractivity contribution in [3.63, 3.8) is 0 Å². The fourth-order valence-corrected chi connectivity index (χ4v) is 1.43. The monoisotopic (exact) mass is 304 g/mol. The maximum atomic E-state index is 11.0. The Kier molecular flexibility index (Phi) is 6.00. The summed E-state index contributed by atoms with van der Waals surface area (Å²) in [6.45, 7) is 21.9. The highest BCUT2D eigenvalue weighted by Crippen LogP contribution is 2.31. The molecular weight excluding hydrogens is 284 g/mol. The number of rotatable bonds is 9. The summed E-state index contributed by atoms with van der Waals surface area (Å²) in [5.74, 6) is -2.55. The summed E-state index contributed by atoms with van der Waals surface area (Å²) in [5, 5.41) is 17.7. The van der Waals surface area contributed by atoms with E-state index >= 15 is 0 Å². The lowest BCUT2D eigenvalue weighted by molar-refractivity contribution is -0.141. The zero-order chi connectivity index (χ0) is 17.8. The molecule has 0 fully saturated rings. The summed E-state index contributed by atoms with van der Waals surface area (Å²) < 4.78 is 0. The second kappa shape index (κ2) is 6.84. The molecule has 22 heavy (non-hydrogen) atoms. The highest BCUT2D eigenvalue weighted by atomic mass is 16.4. The van der Waals surface area contributed by atoms with Crippen molar-refractivity contribution >= 4 is 11.9 Å². The van der Waals surface area contributed by atoms with Gasteiger partial charge in [-0.2, -0.15) is 0 Å². The van der Waals surface area contributed by atoms with Gasteiger partial charge >= 0.3 is 11.9 Å². The molecule has 0 aliphatic rings. The van der Waals surface area contributed by atoms with Crippen LogP contribution in [0, 0.1) is 0 Å². The molecule has 0 atom stereocenters. The van der Waals surface area contributed by atoms with E-state index in [0.717, 1.165) is 0 Å². The number of carboxylic acids is 2. The lowest BCUT2D eigenvalue weighted by Crippen LogP contribution is -2.58. The van der Waals surface area contributed by atoms with E-state index in [1.807, 2.05) is 0 Å². The zero-order valence-corrected chi connectivity index (χ0v) is 12.3. The number of nitrogens with two attached hydrogens (primary N) is 2. The van der Waals surface area contributed by atoms with Crippen LogP contribution in [0.25, 0.3) is 0 Å². The molecule has 0 aromatic carbocycles. The van der Waals surface area contributed by atoms with Gasteiger partial charge in [0.1, 0.15) is 0 Å². The van der Waals surface area contributed by atoms with Gasteiger partial charge in [0.2, 0.25) is 0 Å². The van der Waals surface area contributed by atoms with Gasteiger partial charge in [-0.1, -0.05) is 39.5 Å². The van der Waals surface area contributed by atoms with Crippen molar-refractivity contribution in [2.45, 2.75) is 12.1 Å². The molecule has 6 heteroatoms. The molecule has 6 nitrogen and oxygen atoms in total. The smallest absolute Gasteiger partial charge is 0.343 e. The quantitative estimate of drug-likeness (QED) is 0.377. The van der Waals surface area contributed by atoms with Crippen molar-refractivity contribution in [1.82, 2.24) is 0 Å². The van der Waals surface area contributed by atoms with Crippen LogP contribution in [0.1, 0.15) is 6.42 Å². The molecule has 0 radical (unpaired) electrons. The molecule has 0 heterocycles. The lowest BCUT2D eigenvalue weighted by atomic mass is 9.85. The topological polar surface area (TPSA) is 127 Å². The van der Waals surface area contributed by atoms with Gasteiger partial charge in [-0.15, -0.1) is 0 Å². The van der Waals surface area contributed by atoms with Crippen LogP contribution < -0.4 is 11.5 Å². The Bertz CT molecular complexity index is 624. The highest BCUT2D eigenvalue weighted by molar-refractivity contribution is 5.84. The minimum atomic E-state index is -2.21. The lowest BCUT2D eigenvalue weighted by Gasteiger charge is -2.25. The number of carboxylic acid groups (broad SMARTS) is 2. The fourth-order valence-electron chi connectivity index (χ4n) is 1.43. The standard InChI is InChI=1S/C16H20N2O4/c1-8(7-14(19)20)9(2)10(3)11(4)12(5)13(6)16(17,18)15(21)22/h1-7,17-18H2,(H,19,20)(H,21,22). The van der Waals surface area contributed by atoms with Crippen molar-refractivity contribution in [3.05, 3.63) is 72.9 Å². The predicted molar refractivity (Wildman–Crippen MR) is 85.8 cm³/mol. The molecule has 118 valence electrons. The fraction of sp³-hybridized carbons (Fsp3) is 0.125. The van der Waals surface area contributed by atoms with Crippen LogP contribution >= 0.6 is 0 Å². The van der Waals surface area contributed by atoms with Crippen LogP contribution in [0.2, 0.25) is 0 Å². The Balaban J connectivity index is 5.24. The second-order valence-corrected chi connectivity index (χ2v) is 4.74. The van der Waals surface area contributed by atoms with E-state index in [1.54, 1.807) is 0 Å². The third kappa shape index (κ3) is 4.15. The summed E-state index contributed by atoms with van der Waals surface area (Å²) in [4.78, 5) is 21.7.